The number of halogens is 2. The third kappa shape index (κ3) is 5.63. The second kappa shape index (κ2) is 9.34. The number of nitrogens with zero attached hydrogens (tertiary/aromatic N) is 1. The first-order valence-electron chi connectivity index (χ1n) is 9.20. The number of ether oxygens (including phenoxy) is 1. The van der Waals surface area contributed by atoms with Crippen LogP contribution in [0.4, 0.5) is 0 Å². The molecule has 0 aliphatic carbocycles. The van der Waals surface area contributed by atoms with Gasteiger partial charge in [-0.1, -0.05) is 40.9 Å². The molecule has 0 aromatic heterocycles. The molecule has 2 aromatic rings. The highest BCUT2D eigenvalue weighted by atomic mass is 35.5. The van der Waals surface area contributed by atoms with Crippen molar-refractivity contribution >= 4 is 39.1 Å². The monoisotopic (exact) mass is 456 g/mol. The molecule has 1 heterocycles. The number of benzene rings is 2. The van der Waals surface area contributed by atoms with Gasteiger partial charge in [0.1, 0.15) is 5.75 Å². The van der Waals surface area contributed by atoms with Crippen LogP contribution in [-0.4, -0.2) is 44.4 Å². The Morgan fingerprint density at radius 2 is 1.79 bits per heavy atom. The quantitative estimate of drug-likeness (QED) is 0.719. The van der Waals surface area contributed by atoms with Crippen molar-refractivity contribution in [3.63, 3.8) is 0 Å². The smallest absolute Gasteiger partial charge is 0.258 e. The lowest BCUT2D eigenvalue weighted by molar-refractivity contribution is -0.124. The number of carbonyl (C=O) groups excluding carboxylic acids is 1. The number of rotatable bonds is 6. The van der Waals surface area contributed by atoms with Gasteiger partial charge in [-0.3, -0.25) is 4.79 Å². The Bertz CT molecular complexity index is 972. The summed E-state index contributed by atoms with van der Waals surface area (Å²) < 4.78 is 32.4. The molecule has 0 unspecified atom stereocenters. The zero-order valence-corrected chi connectivity index (χ0v) is 18.2. The van der Waals surface area contributed by atoms with E-state index in [4.69, 9.17) is 27.9 Å². The summed E-state index contributed by atoms with van der Waals surface area (Å²) in [4.78, 5) is 12.4. The first-order chi connectivity index (χ1) is 13.8. The first-order valence-corrected chi connectivity index (χ1v) is 11.4. The normalized spacial score (nSPS) is 15.8. The van der Waals surface area contributed by atoms with Gasteiger partial charge in [0, 0.05) is 24.2 Å². The predicted molar refractivity (Wildman–Crippen MR) is 113 cm³/mol. The van der Waals surface area contributed by atoms with Crippen LogP contribution in [0.3, 0.4) is 0 Å². The molecule has 0 spiro atoms. The molecule has 29 heavy (non-hydrogen) atoms. The number of piperidine rings is 1. The van der Waals surface area contributed by atoms with Crippen molar-refractivity contribution in [1.29, 1.82) is 0 Å². The number of hydrogen-bond donors (Lipinski definition) is 1. The van der Waals surface area contributed by atoms with Crippen molar-refractivity contribution in [1.82, 2.24) is 9.62 Å². The van der Waals surface area contributed by atoms with Crippen LogP contribution in [0.2, 0.25) is 10.0 Å². The van der Waals surface area contributed by atoms with E-state index < -0.39 is 10.0 Å². The van der Waals surface area contributed by atoms with Gasteiger partial charge in [0.15, 0.2) is 6.61 Å². The third-order valence-corrected chi connectivity index (χ3v) is 7.17. The van der Waals surface area contributed by atoms with Crippen molar-refractivity contribution in [2.45, 2.75) is 30.7 Å². The summed E-state index contributed by atoms with van der Waals surface area (Å²) in [5.74, 6) is 0.0982. The molecule has 0 bridgehead atoms. The Balaban J connectivity index is 1.49. The molecule has 1 fully saturated rings. The summed E-state index contributed by atoms with van der Waals surface area (Å²) in [5, 5.41) is 3.70. The van der Waals surface area contributed by atoms with Crippen LogP contribution in [0.25, 0.3) is 0 Å². The summed E-state index contributed by atoms with van der Waals surface area (Å²) in [6, 6.07) is 11.5. The Morgan fingerprint density at radius 1 is 1.14 bits per heavy atom. The molecule has 0 saturated carbocycles. The maximum atomic E-state index is 12.7. The highest BCUT2D eigenvalue weighted by molar-refractivity contribution is 7.89. The molecule has 0 atom stereocenters. The van der Waals surface area contributed by atoms with Crippen LogP contribution in [0, 0.1) is 6.92 Å². The van der Waals surface area contributed by atoms with Crippen LogP contribution in [-0.2, 0) is 14.8 Å². The van der Waals surface area contributed by atoms with E-state index in [9.17, 15) is 13.2 Å². The van der Waals surface area contributed by atoms with Crippen molar-refractivity contribution in [2.75, 3.05) is 19.7 Å². The van der Waals surface area contributed by atoms with Crippen LogP contribution in [0.15, 0.2) is 47.4 Å². The minimum absolute atomic E-state index is 0.101. The highest BCUT2D eigenvalue weighted by Crippen LogP contribution is 2.27. The van der Waals surface area contributed by atoms with Gasteiger partial charge in [0.05, 0.1) is 9.92 Å². The lowest BCUT2D eigenvalue weighted by Crippen LogP contribution is -2.47. The predicted octanol–water partition coefficient (Wildman–Crippen LogP) is 3.65. The molecule has 1 N–H and O–H groups in total. The molecule has 1 aliphatic rings. The van der Waals surface area contributed by atoms with Crippen molar-refractivity contribution in [2.24, 2.45) is 0 Å². The number of carbonyl (C=O) groups is 1. The molecule has 1 saturated heterocycles. The zero-order chi connectivity index (χ0) is 21.0. The van der Waals surface area contributed by atoms with Crippen LogP contribution in [0.5, 0.6) is 5.75 Å². The Labute approximate surface area is 180 Å². The standard InChI is InChI=1S/C20H22Cl2N2O4S/c1-14-2-5-17(6-3-14)29(26,27)24-10-8-16(9-11-24)23-20(25)13-28-19-7-4-15(21)12-18(19)22/h2-7,12,16H,8-11,13H2,1H3,(H,23,25). The van der Waals surface area contributed by atoms with E-state index in [1.807, 2.05) is 6.92 Å². The summed E-state index contributed by atoms with van der Waals surface area (Å²) >= 11 is 11.9. The highest BCUT2D eigenvalue weighted by Gasteiger charge is 2.29. The fourth-order valence-corrected chi connectivity index (χ4v) is 5.04. The minimum Gasteiger partial charge on any atom is -0.482 e. The number of aryl methyl sites for hydroxylation is 1. The lowest BCUT2D eigenvalue weighted by Gasteiger charge is -2.31. The number of amides is 1. The first kappa shape index (κ1) is 21.9. The van der Waals surface area contributed by atoms with E-state index in [0.717, 1.165) is 5.56 Å². The average Bonchev–Trinajstić information content (AvgIpc) is 2.68. The molecule has 6 nitrogen and oxygen atoms in total. The number of hydrogen-bond acceptors (Lipinski definition) is 4. The maximum absolute atomic E-state index is 12.7. The Morgan fingerprint density at radius 3 is 2.41 bits per heavy atom. The third-order valence-electron chi connectivity index (χ3n) is 4.73. The molecule has 1 amide bonds. The van der Waals surface area contributed by atoms with E-state index in [-0.39, 0.29) is 18.6 Å². The molecule has 156 valence electrons. The fourth-order valence-electron chi connectivity index (χ4n) is 3.10. The number of sulfonamides is 1. The topological polar surface area (TPSA) is 75.7 Å². The summed E-state index contributed by atoms with van der Waals surface area (Å²) in [6.07, 6.45) is 1.08. The van der Waals surface area contributed by atoms with Crippen LogP contribution >= 0.6 is 23.2 Å². The maximum Gasteiger partial charge on any atom is 0.258 e. The van der Waals surface area contributed by atoms with Gasteiger partial charge >= 0.3 is 0 Å². The molecular formula is C20H22Cl2N2O4S. The average molecular weight is 457 g/mol. The van der Waals surface area contributed by atoms with E-state index >= 15 is 0 Å². The molecule has 9 heteroatoms. The van der Waals surface area contributed by atoms with Crippen molar-refractivity contribution < 1.29 is 17.9 Å². The van der Waals surface area contributed by atoms with Gasteiger partial charge < -0.3 is 10.1 Å². The van der Waals surface area contributed by atoms with Gasteiger partial charge in [-0.2, -0.15) is 4.31 Å². The van der Waals surface area contributed by atoms with E-state index in [2.05, 4.69) is 5.32 Å². The summed E-state index contributed by atoms with van der Waals surface area (Å²) in [6.45, 7) is 2.44. The summed E-state index contributed by atoms with van der Waals surface area (Å²) in [5.41, 5.74) is 1.01. The molecule has 0 radical (unpaired) electrons. The number of nitrogens with one attached hydrogen (secondary N) is 1. The lowest BCUT2D eigenvalue weighted by atomic mass is 10.1. The minimum atomic E-state index is -3.51. The van der Waals surface area contributed by atoms with Crippen molar-refractivity contribution in [3.05, 3.63) is 58.1 Å². The van der Waals surface area contributed by atoms with Crippen LogP contribution < -0.4 is 10.1 Å². The van der Waals surface area contributed by atoms with Gasteiger partial charge in [0.25, 0.3) is 5.91 Å². The van der Waals surface area contributed by atoms with E-state index in [1.165, 1.54) is 4.31 Å². The van der Waals surface area contributed by atoms with Gasteiger partial charge in [-0.05, 0) is 50.1 Å². The second-order valence-electron chi connectivity index (χ2n) is 6.92. The van der Waals surface area contributed by atoms with E-state index in [0.29, 0.717) is 46.6 Å². The SMILES string of the molecule is Cc1ccc(S(=O)(=O)N2CCC(NC(=O)COc3ccc(Cl)cc3Cl)CC2)cc1. The molecule has 1 aliphatic heterocycles. The molecule has 3 rings (SSSR count). The van der Waals surface area contributed by atoms with Gasteiger partial charge in [-0.25, -0.2) is 8.42 Å². The van der Waals surface area contributed by atoms with Gasteiger partial charge in [0.2, 0.25) is 10.0 Å². The van der Waals surface area contributed by atoms with E-state index in [1.54, 1.807) is 42.5 Å². The van der Waals surface area contributed by atoms with Gasteiger partial charge in [-0.15, -0.1) is 0 Å². The Hall–Kier alpha value is -1.80. The fraction of sp³-hybridized carbons (Fsp3) is 0.350. The summed E-state index contributed by atoms with van der Waals surface area (Å²) in [7, 11) is -3.51. The largest absolute Gasteiger partial charge is 0.482 e. The molecular weight excluding hydrogens is 435 g/mol. The second-order valence-corrected chi connectivity index (χ2v) is 9.70. The van der Waals surface area contributed by atoms with Crippen molar-refractivity contribution in [3.8, 4) is 5.75 Å². The zero-order valence-electron chi connectivity index (χ0n) is 15.9. The Kier molecular flexibility index (Phi) is 7.05. The molecule has 2 aromatic carbocycles. The van der Waals surface area contributed by atoms with Crippen LogP contribution in [0.1, 0.15) is 18.4 Å².